The molecule has 9 nitrogen and oxygen atoms in total. The lowest BCUT2D eigenvalue weighted by molar-refractivity contribution is 0.191. The molecule has 168 valence electrons. The van der Waals surface area contributed by atoms with Crippen LogP contribution < -0.4 is 5.73 Å². The largest absolute Gasteiger partial charge is 0.382 e. The van der Waals surface area contributed by atoms with Gasteiger partial charge in [0, 0.05) is 12.4 Å². The highest BCUT2D eigenvalue weighted by molar-refractivity contribution is 8.01. The van der Waals surface area contributed by atoms with Gasteiger partial charge in [-0.3, -0.25) is 9.13 Å². The molecular formula is C19H20ClN6O3PS2. The Balaban J connectivity index is 1.67. The van der Waals surface area contributed by atoms with Gasteiger partial charge in [0.1, 0.15) is 6.33 Å². The van der Waals surface area contributed by atoms with Crippen LogP contribution in [-0.2, 0) is 15.6 Å². The molecule has 0 amide bonds. The van der Waals surface area contributed by atoms with Crippen molar-refractivity contribution in [1.29, 1.82) is 0 Å². The Morgan fingerprint density at radius 3 is 2.97 bits per heavy atom. The SMILES string of the molecule is CCC(C)OP(=O)(O)C=CCn1c(Sc2nc3cccc(Cl)c3s2)nc2c(N)ncnc21. The second kappa shape index (κ2) is 9.46. The molecule has 1 aromatic carbocycles. The highest BCUT2D eigenvalue weighted by atomic mass is 35.5. The number of rotatable bonds is 8. The first-order chi connectivity index (χ1) is 15.3. The zero-order valence-corrected chi connectivity index (χ0v) is 20.5. The van der Waals surface area contributed by atoms with E-state index < -0.39 is 7.60 Å². The number of allylic oxidation sites excluding steroid dienone is 1. The van der Waals surface area contributed by atoms with Gasteiger partial charge < -0.3 is 15.2 Å². The standard InChI is InChI=1S/C19H20ClN6O3PS2/c1-3-11(2)29-30(27,28)9-5-8-26-17-14(16(21)22-10-23-17)25-18(26)32-19-24-13-7-4-6-12(20)15(13)31-19/h4-7,9-11H,3,8H2,1-2H3,(H,27,28)(H2,21,22,23). The van der Waals surface area contributed by atoms with Gasteiger partial charge in [0.05, 0.1) is 21.3 Å². The summed E-state index contributed by atoms with van der Waals surface area (Å²) in [5.41, 5.74) is 7.76. The number of imidazole rings is 1. The van der Waals surface area contributed by atoms with Crippen molar-refractivity contribution in [3.05, 3.63) is 41.4 Å². The van der Waals surface area contributed by atoms with Crippen molar-refractivity contribution >= 4 is 69.5 Å². The summed E-state index contributed by atoms with van der Waals surface area (Å²) in [7, 11) is -3.86. The van der Waals surface area contributed by atoms with Crippen LogP contribution in [0, 0.1) is 0 Å². The summed E-state index contributed by atoms with van der Waals surface area (Å²) in [6.07, 6.45) is 3.22. The predicted molar refractivity (Wildman–Crippen MR) is 128 cm³/mol. The van der Waals surface area contributed by atoms with Crippen LogP contribution in [0.1, 0.15) is 20.3 Å². The third-order valence-corrected chi connectivity index (χ3v) is 8.37. The first-order valence-electron chi connectivity index (χ1n) is 9.65. The van der Waals surface area contributed by atoms with Gasteiger partial charge in [-0.25, -0.2) is 19.9 Å². The summed E-state index contributed by atoms with van der Waals surface area (Å²) >= 11 is 9.07. The van der Waals surface area contributed by atoms with Gasteiger partial charge in [-0.15, -0.1) is 11.3 Å². The fourth-order valence-corrected chi connectivity index (χ4v) is 6.28. The molecule has 0 aliphatic heterocycles. The summed E-state index contributed by atoms with van der Waals surface area (Å²) in [6.45, 7) is 3.86. The van der Waals surface area contributed by atoms with Crippen LogP contribution in [0.4, 0.5) is 5.82 Å². The van der Waals surface area contributed by atoms with E-state index >= 15 is 0 Å². The first kappa shape index (κ1) is 23.2. The third-order valence-electron chi connectivity index (χ3n) is 4.54. The van der Waals surface area contributed by atoms with E-state index in [0.29, 0.717) is 27.8 Å². The molecule has 0 bridgehead atoms. The zero-order valence-electron chi connectivity index (χ0n) is 17.2. The summed E-state index contributed by atoms with van der Waals surface area (Å²) in [6, 6.07) is 5.57. The number of anilines is 1. The maximum atomic E-state index is 12.3. The van der Waals surface area contributed by atoms with Crippen molar-refractivity contribution in [2.75, 3.05) is 5.73 Å². The molecule has 0 fully saturated rings. The highest BCUT2D eigenvalue weighted by Gasteiger charge is 2.20. The average Bonchev–Trinajstić information content (AvgIpc) is 3.31. The number of nitrogens with two attached hydrogens (primary N) is 1. The van der Waals surface area contributed by atoms with Gasteiger partial charge >= 0.3 is 7.60 Å². The molecule has 32 heavy (non-hydrogen) atoms. The molecular weight excluding hydrogens is 491 g/mol. The smallest absolute Gasteiger partial charge is 0.351 e. The molecule has 13 heteroatoms. The second-order valence-electron chi connectivity index (χ2n) is 6.88. The molecule has 2 atom stereocenters. The molecule has 3 aromatic heterocycles. The molecule has 0 spiro atoms. The predicted octanol–water partition coefficient (Wildman–Crippen LogP) is 5.34. The second-order valence-corrected chi connectivity index (χ2v) is 11.1. The van der Waals surface area contributed by atoms with Crippen molar-refractivity contribution in [2.24, 2.45) is 0 Å². The van der Waals surface area contributed by atoms with Crippen molar-refractivity contribution < 1.29 is 14.0 Å². The van der Waals surface area contributed by atoms with E-state index in [-0.39, 0.29) is 18.5 Å². The van der Waals surface area contributed by atoms with Crippen LogP contribution in [-0.4, -0.2) is 35.5 Å². The number of hydrogen-bond acceptors (Lipinski definition) is 9. The fraction of sp³-hybridized carbons (Fsp3) is 0.263. The molecule has 3 heterocycles. The summed E-state index contributed by atoms with van der Waals surface area (Å²) in [5, 5.41) is 1.21. The summed E-state index contributed by atoms with van der Waals surface area (Å²) in [4.78, 5) is 27.6. The zero-order chi connectivity index (χ0) is 22.9. The van der Waals surface area contributed by atoms with Gasteiger partial charge in [0.2, 0.25) is 0 Å². The van der Waals surface area contributed by atoms with Gasteiger partial charge in [-0.2, -0.15) is 0 Å². The first-order valence-corrected chi connectivity index (χ1v) is 13.3. The quantitative estimate of drug-likeness (QED) is 0.302. The summed E-state index contributed by atoms with van der Waals surface area (Å²) < 4.78 is 20.9. The van der Waals surface area contributed by atoms with Crippen LogP contribution in [0.2, 0.25) is 5.02 Å². The van der Waals surface area contributed by atoms with Gasteiger partial charge in [0.25, 0.3) is 0 Å². The van der Waals surface area contributed by atoms with Gasteiger partial charge in [-0.05, 0) is 37.2 Å². The Kier molecular flexibility index (Phi) is 6.85. The van der Waals surface area contributed by atoms with Gasteiger partial charge in [-0.1, -0.05) is 30.7 Å². The molecule has 0 radical (unpaired) electrons. The molecule has 4 aromatic rings. The number of nitrogen functional groups attached to an aromatic ring is 1. The normalized spacial score (nSPS) is 15.0. The van der Waals surface area contributed by atoms with E-state index in [0.717, 1.165) is 14.6 Å². The fourth-order valence-electron chi connectivity index (χ4n) is 2.85. The molecule has 3 N–H and O–H groups in total. The Morgan fingerprint density at radius 2 is 2.22 bits per heavy atom. The molecule has 0 aliphatic rings. The Labute approximate surface area is 197 Å². The number of halogens is 1. The van der Waals surface area contributed by atoms with Crippen molar-refractivity contribution in [3.63, 3.8) is 0 Å². The van der Waals surface area contributed by atoms with E-state index in [1.54, 1.807) is 17.6 Å². The molecule has 0 saturated heterocycles. The molecule has 0 saturated carbocycles. The van der Waals surface area contributed by atoms with Crippen molar-refractivity contribution in [2.45, 2.75) is 42.4 Å². The van der Waals surface area contributed by atoms with E-state index in [9.17, 15) is 9.46 Å². The Bertz CT molecular complexity index is 1360. The minimum Gasteiger partial charge on any atom is -0.382 e. The lowest BCUT2D eigenvalue weighted by Gasteiger charge is -2.13. The maximum absolute atomic E-state index is 12.3. The Hall–Kier alpha value is -2.01. The third kappa shape index (κ3) is 4.98. The topological polar surface area (TPSA) is 129 Å². The number of hydrogen-bond donors (Lipinski definition) is 2. The van der Waals surface area contributed by atoms with E-state index in [1.165, 1.54) is 35.2 Å². The number of benzene rings is 1. The minimum atomic E-state index is -3.86. The lowest BCUT2D eigenvalue weighted by atomic mass is 10.3. The average molecular weight is 511 g/mol. The molecule has 2 unspecified atom stereocenters. The van der Waals surface area contributed by atoms with Gasteiger partial charge in [0.15, 0.2) is 26.5 Å². The van der Waals surface area contributed by atoms with Crippen LogP contribution in [0.25, 0.3) is 21.4 Å². The lowest BCUT2D eigenvalue weighted by Crippen LogP contribution is -2.03. The van der Waals surface area contributed by atoms with Crippen LogP contribution in [0.3, 0.4) is 0 Å². The Morgan fingerprint density at radius 1 is 1.41 bits per heavy atom. The molecule has 0 aliphatic carbocycles. The van der Waals surface area contributed by atoms with Crippen LogP contribution in [0.5, 0.6) is 0 Å². The highest BCUT2D eigenvalue weighted by Crippen LogP contribution is 2.45. The minimum absolute atomic E-state index is 0.232. The van der Waals surface area contributed by atoms with E-state index in [2.05, 4.69) is 19.9 Å². The number of fused-ring (bicyclic) bond motifs is 2. The number of nitrogens with zero attached hydrogens (tertiary/aromatic N) is 5. The van der Waals surface area contributed by atoms with E-state index in [1.807, 2.05) is 25.1 Å². The van der Waals surface area contributed by atoms with Crippen molar-refractivity contribution in [3.8, 4) is 0 Å². The van der Waals surface area contributed by atoms with E-state index in [4.69, 9.17) is 21.9 Å². The number of thiazole rings is 1. The summed E-state index contributed by atoms with van der Waals surface area (Å²) in [5.74, 6) is 1.43. The maximum Gasteiger partial charge on any atom is 0.351 e. The van der Waals surface area contributed by atoms with Crippen LogP contribution in [0.15, 0.2) is 45.9 Å². The molecule has 4 rings (SSSR count). The monoisotopic (exact) mass is 510 g/mol. The van der Waals surface area contributed by atoms with Crippen LogP contribution >= 0.6 is 42.3 Å². The number of aromatic nitrogens is 5. The van der Waals surface area contributed by atoms with Crippen molar-refractivity contribution in [1.82, 2.24) is 24.5 Å².